The largest absolute Gasteiger partial charge is 0.504 e. The van der Waals surface area contributed by atoms with Crippen LogP contribution >= 0.6 is 0 Å². The Morgan fingerprint density at radius 1 is 0.913 bits per heavy atom. The summed E-state index contributed by atoms with van der Waals surface area (Å²) in [6.45, 7) is 5.60. The van der Waals surface area contributed by atoms with Gasteiger partial charge in [-0.15, -0.1) is 0 Å². The molecule has 2 aromatic carbocycles. The molecule has 0 bridgehead atoms. The highest BCUT2D eigenvalue weighted by atomic mass is 16.5. The number of phenolic OH excluding ortho intramolecular Hbond substituents is 2. The molecule has 0 atom stereocenters. The first-order valence-corrected chi connectivity index (χ1v) is 8.10. The number of aromatic hydroxyl groups is 2. The van der Waals surface area contributed by atoms with Crippen molar-refractivity contribution in [3.8, 4) is 17.2 Å². The lowest BCUT2D eigenvalue weighted by molar-refractivity contribution is 0.210. The molecule has 0 aromatic heterocycles. The van der Waals surface area contributed by atoms with Crippen LogP contribution in [0.1, 0.15) is 18.9 Å². The van der Waals surface area contributed by atoms with E-state index in [9.17, 15) is 10.2 Å². The first-order valence-electron chi connectivity index (χ1n) is 8.10. The van der Waals surface area contributed by atoms with Gasteiger partial charge in [0.15, 0.2) is 11.5 Å². The second kappa shape index (κ2) is 9.06. The summed E-state index contributed by atoms with van der Waals surface area (Å²) in [5.74, 6) is 0.764. The van der Waals surface area contributed by atoms with Crippen LogP contribution in [0, 0.1) is 0 Å². The Labute approximate surface area is 138 Å². The summed E-state index contributed by atoms with van der Waals surface area (Å²) in [4.78, 5) is 2.35. The van der Waals surface area contributed by atoms with Gasteiger partial charge in [-0.05, 0) is 49.2 Å². The number of benzene rings is 2. The zero-order valence-electron chi connectivity index (χ0n) is 13.6. The lowest BCUT2D eigenvalue weighted by Gasteiger charge is -2.22. The summed E-state index contributed by atoms with van der Waals surface area (Å²) in [6, 6.07) is 14.8. The van der Waals surface area contributed by atoms with Gasteiger partial charge >= 0.3 is 0 Å². The summed E-state index contributed by atoms with van der Waals surface area (Å²) in [6.07, 6.45) is 1.92. The Kier molecular flexibility index (Phi) is 6.76. The normalized spacial score (nSPS) is 10.9. The van der Waals surface area contributed by atoms with E-state index < -0.39 is 0 Å². The van der Waals surface area contributed by atoms with Gasteiger partial charge < -0.3 is 14.9 Å². The van der Waals surface area contributed by atoms with Crippen LogP contribution in [-0.2, 0) is 6.42 Å². The molecule has 2 aromatic rings. The minimum absolute atomic E-state index is 0.0584. The summed E-state index contributed by atoms with van der Waals surface area (Å²) in [5.41, 5.74) is 1.02. The van der Waals surface area contributed by atoms with Crippen molar-refractivity contribution in [3.05, 3.63) is 54.1 Å². The van der Waals surface area contributed by atoms with Gasteiger partial charge in [-0.2, -0.15) is 0 Å². The molecule has 0 heterocycles. The van der Waals surface area contributed by atoms with Crippen molar-refractivity contribution in [2.45, 2.75) is 19.8 Å². The first-order chi connectivity index (χ1) is 11.2. The third-order valence-corrected chi connectivity index (χ3v) is 3.72. The molecular weight excluding hydrogens is 290 g/mol. The molecular formula is C19H25NO3. The average Bonchev–Trinajstić information content (AvgIpc) is 2.56. The van der Waals surface area contributed by atoms with Gasteiger partial charge in [0.2, 0.25) is 0 Å². The molecule has 4 heteroatoms. The van der Waals surface area contributed by atoms with E-state index in [-0.39, 0.29) is 11.5 Å². The Morgan fingerprint density at radius 3 is 2.39 bits per heavy atom. The molecule has 0 saturated carbocycles. The minimum atomic E-state index is -0.0737. The molecule has 0 fully saturated rings. The van der Waals surface area contributed by atoms with Crippen LogP contribution in [0.4, 0.5) is 0 Å². The number of rotatable bonds is 9. The maximum atomic E-state index is 9.55. The maximum absolute atomic E-state index is 9.55. The third-order valence-electron chi connectivity index (χ3n) is 3.72. The Morgan fingerprint density at radius 2 is 1.70 bits per heavy atom. The third kappa shape index (κ3) is 5.83. The lowest BCUT2D eigenvalue weighted by atomic mass is 10.1. The number of para-hydroxylation sites is 1. The molecule has 0 aliphatic rings. The Bertz CT molecular complexity index is 586. The van der Waals surface area contributed by atoms with E-state index in [4.69, 9.17) is 4.74 Å². The summed E-state index contributed by atoms with van der Waals surface area (Å²) < 4.78 is 5.75. The number of hydrogen-bond donors (Lipinski definition) is 2. The van der Waals surface area contributed by atoms with Crippen LogP contribution in [0.3, 0.4) is 0 Å². The zero-order chi connectivity index (χ0) is 16.5. The van der Waals surface area contributed by atoms with Gasteiger partial charge in [-0.25, -0.2) is 0 Å². The molecule has 0 aliphatic heterocycles. The number of phenols is 2. The highest BCUT2D eigenvalue weighted by molar-refractivity contribution is 5.40. The van der Waals surface area contributed by atoms with Crippen LogP contribution in [0.5, 0.6) is 17.2 Å². The fourth-order valence-electron chi connectivity index (χ4n) is 2.47. The second-order valence-corrected chi connectivity index (χ2v) is 5.58. The molecule has 124 valence electrons. The molecule has 2 N–H and O–H groups in total. The van der Waals surface area contributed by atoms with Crippen molar-refractivity contribution in [1.29, 1.82) is 0 Å². The number of nitrogens with zero attached hydrogens (tertiary/aromatic N) is 1. The molecule has 23 heavy (non-hydrogen) atoms. The lowest BCUT2D eigenvalue weighted by Crippen LogP contribution is -2.31. The van der Waals surface area contributed by atoms with E-state index in [0.29, 0.717) is 6.61 Å². The highest BCUT2D eigenvalue weighted by Gasteiger charge is 2.06. The van der Waals surface area contributed by atoms with E-state index in [2.05, 4.69) is 11.8 Å². The molecule has 0 spiro atoms. The van der Waals surface area contributed by atoms with Crippen molar-refractivity contribution in [2.75, 3.05) is 26.2 Å². The van der Waals surface area contributed by atoms with Gasteiger partial charge in [0.1, 0.15) is 12.4 Å². The zero-order valence-corrected chi connectivity index (χ0v) is 13.6. The van der Waals surface area contributed by atoms with E-state index >= 15 is 0 Å². The van der Waals surface area contributed by atoms with Crippen molar-refractivity contribution in [3.63, 3.8) is 0 Å². The van der Waals surface area contributed by atoms with Crippen molar-refractivity contribution in [1.82, 2.24) is 4.90 Å². The predicted molar refractivity (Wildman–Crippen MR) is 92.1 cm³/mol. The molecule has 0 radical (unpaired) electrons. The number of hydrogen-bond acceptors (Lipinski definition) is 4. The van der Waals surface area contributed by atoms with Crippen molar-refractivity contribution >= 4 is 0 Å². The Balaban J connectivity index is 1.79. The Hall–Kier alpha value is -2.20. The van der Waals surface area contributed by atoms with Gasteiger partial charge in [0, 0.05) is 13.1 Å². The standard InChI is InChI=1S/C19H25NO3/c1-2-11-20(13-14-23-17-6-4-3-5-7-17)12-10-16-8-9-18(21)19(22)15-16/h3-9,15,21-22H,2,10-14H2,1H3. The fourth-order valence-corrected chi connectivity index (χ4v) is 2.47. The van der Waals surface area contributed by atoms with E-state index in [1.54, 1.807) is 6.07 Å². The van der Waals surface area contributed by atoms with Crippen LogP contribution in [0.2, 0.25) is 0 Å². The molecule has 0 saturated heterocycles. The molecule has 4 nitrogen and oxygen atoms in total. The summed E-state index contributed by atoms with van der Waals surface area (Å²) in [7, 11) is 0. The number of ether oxygens (including phenoxy) is 1. The topological polar surface area (TPSA) is 52.9 Å². The average molecular weight is 315 g/mol. The molecule has 2 rings (SSSR count). The van der Waals surface area contributed by atoms with E-state index in [1.165, 1.54) is 6.07 Å². The molecule has 0 aliphatic carbocycles. The van der Waals surface area contributed by atoms with Gasteiger partial charge in [-0.3, -0.25) is 4.90 Å². The van der Waals surface area contributed by atoms with Crippen LogP contribution in [0.15, 0.2) is 48.5 Å². The SMILES string of the molecule is CCCN(CCOc1ccccc1)CCc1ccc(O)c(O)c1. The predicted octanol–water partition coefficient (Wildman–Crippen LogP) is 3.43. The van der Waals surface area contributed by atoms with E-state index in [0.717, 1.165) is 43.8 Å². The van der Waals surface area contributed by atoms with E-state index in [1.807, 2.05) is 36.4 Å². The maximum Gasteiger partial charge on any atom is 0.157 e. The van der Waals surface area contributed by atoms with Crippen LogP contribution in [0.25, 0.3) is 0 Å². The highest BCUT2D eigenvalue weighted by Crippen LogP contribution is 2.25. The molecule has 0 amide bonds. The minimum Gasteiger partial charge on any atom is -0.504 e. The van der Waals surface area contributed by atoms with Crippen molar-refractivity contribution in [2.24, 2.45) is 0 Å². The fraction of sp³-hybridized carbons (Fsp3) is 0.368. The second-order valence-electron chi connectivity index (χ2n) is 5.58. The van der Waals surface area contributed by atoms with Crippen LogP contribution in [-0.4, -0.2) is 41.4 Å². The van der Waals surface area contributed by atoms with Gasteiger partial charge in [0.05, 0.1) is 0 Å². The quantitative estimate of drug-likeness (QED) is 0.696. The summed E-state index contributed by atoms with van der Waals surface area (Å²) >= 11 is 0. The monoisotopic (exact) mass is 315 g/mol. The van der Waals surface area contributed by atoms with Gasteiger partial charge in [-0.1, -0.05) is 31.2 Å². The van der Waals surface area contributed by atoms with Crippen molar-refractivity contribution < 1.29 is 14.9 Å². The van der Waals surface area contributed by atoms with Crippen LogP contribution < -0.4 is 4.74 Å². The first kappa shape index (κ1) is 17.2. The summed E-state index contributed by atoms with van der Waals surface area (Å²) in [5, 5.41) is 18.9. The smallest absolute Gasteiger partial charge is 0.157 e. The van der Waals surface area contributed by atoms with Gasteiger partial charge in [0.25, 0.3) is 0 Å². The molecule has 0 unspecified atom stereocenters.